The van der Waals surface area contributed by atoms with E-state index in [1.54, 1.807) is 0 Å². The van der Waals surface area contributed by atoms with Crippen LogP contribution in [0, 0.1) is 11.8 Å². The fourth-order valence-corrected chi connectivity index (χ4v) is 3.97. The molecule has 1 saturated heterocycles. The third-order valence-corrected chi connectivity index (χ3v) is 5.72. The molecule has 2 heteroatoms. The van der Waals surface area contributed by atoms with Gasteiger partial charge in [-0.25, -0.2) is 0 Å². The summed E-state index contributed by atoms with van der Waals surface area (Å²) in [7, 11) is 0. The predicted octanol–water partition coefficient (Wildman–Crippen LogP) is 4.45. The van der Waals surface area contributed by atoms with E-state index in [9.17, 15) is 0 Å². The van der Waals surface area contributed by atoms with Crippen LogP contribution in [0.25, 0.3) is 0 Å². The molecule has 0 aromatic carbocycles. The van der Waals surface area contributed by atoms with Crippen molar-refractivity contribution in [3.05, 3.63) is 0 Å². The summed E-state index contributed by atoms with van der Waals surface area (Å²) in [6, 6.07) is 0.771. The molecule has 2 fully saturated rings. The van der Waals surface area contributed by atoms with Crippen LogP contribution in [-0.4, -0.2) is 36.1 Å². The highest BCUT2D eigenvalue weighted by molar-refractivity contribution is 5.03. The molecule has 1 aliphatic carbocycles. The minimum atomic E-state index is 0.406. The number of unbranched alkanes of at least 4 members (excludes halogenated alkanes) is 3. The van der Waals surface area contributed by atoms with Crippen molar-refractivity contribution < 1.29 is 0 Å². The number of piperazine rings is 1. The summed E-state index contributed by atoms with van der Waals surface area (Å²) in [6.45, 7) is 13.3. The quantitative estimate of drug-likeness (QED) is 0.632. The Kier molecular flexibility index (Phi) is 6.55. The molecule has 1 aliphatic heterocycles. The standard InChI is InChI=1S/C19H38N2/c1-5-18-14-20-19(4,17-11-12-17)15-21(18)13-9-7-6-8-10-16(2)3/h16-18,20H,5-15H2,1-4H3. The van der Waals surface area contributed by atoms with Crippen molar-refractivity contribution >= 4 is 0 Å². The van der Waals surface area contributed by atoms with Crippen LogP contribution in [0.3, 0.4) is 0 Å². The number of hydrogen-bond acceptors (Lipinski definition) is 2. The van der Waals surface area contributed by atoms with Gasteiger partial charge in [0.15, 0.2) is 0 Å². The Morgan fingerprint density at radius 2 is 1.86 bits per heavy atom. The van der Waals surface area contributed by atoms with E-state index >= 15 is 0 Å². The van der Waals surface area contributed by atoms with Gasteiger partial charge < -0.3 is 5.32 Å². The number of nitrogens with zero attached hydrogens (tertiary/aromatic N) is 1. The van der Waals surface area contributed by atoms with E-state index in [1.807, 2.05) is 0 Å². The highest BCUT2D eigenvalue weighted by Gasteiger charge is 2.45. The van der Waals surface area contributed by atoms with Gasteiger partial charge in [-0.3, -0.25) is 4.90 Å². The maximum absolute atomic E-state index is 3.87. The molecule has 2 aliphatic rings. The SMILES string of the molecule is CCC1CNC(C)(C2CC2)CN1CCCCCCC(C)C. The lowest BCUT2D eigenvalue weighted by Gasteiger charge is -2.46. The van der Waals surface area contributed by atoms with Crippen molar-refractivity contribution in [2.75, 3.05) is 19.6 Å². The molecular formula is C19H38N2. The molecule has 0 spiro atoms. The lowest BCUT2D eigenvalue weighted by molar-refractivity contribution is 0.0713. The molecule has 1 heterocycles. The molecule has 124 valence electrons. The highest BCUT2D eigenvalue weighted by atomic mass is 15.3. The second-order valence-electron chi connectivity index (χ2n) is 8.20. The average Bonchev–Trinajstić information content (AvgIpc) is 3.27. The number of hydrogen-bond donors (Lipinski definition) is 1. The van der Waals surface area contributed by atoms with Crippen LogP contribution in [-0.2, 0) is 0 Å². The Hall–Kier alpha value is -0.0800. The van der Waals surface area contributed by atoms with Gasteiger partial charge in [-0.2, -0.15) is 0 Å². The second-order valence-corrected chi connectivity index (χ2v) is 8.20. The lowest BCUT2D eigenvalue weighted by atomic mass is 9.90. The van der Waals surface area contributed by atoms with Gasteiger partial charge >= 0.3 is 0 Å². The number of nitrogens with one attached hydrogen (secondary N) is 1. The normalized spacial score (nSPS) is 31.0. The first-order valence-electron chi connectivity index (χ1n) is 9.54. The maximum Gasteiger partial charge on any atom is 0.0309 e. The zero-order valence-electron chi connectivity index (χ0n) is 15.0. The van der Waals surface area contributed by atoms with Crippen molar-refractivity contribution in [1.82, 2.24) is 10.2 Å². The van der Waals surface area contributed by atoms with Crippen LogP contribution < -0.4 is 5.32 Å². The van der Waals surface area contributed by atoms with Gasteiger partial charge in [0.25, 0.3) is 0 Å². The van der Waals surface area contributed by atoms with Crippen molar-refractivity contribution in [3.63, 3.8) is 0 Å². The van der Waals surface area contributed by atoms with Gasteiger partial charge in [-0.05, 0) is 51.0 Å². The van der Waals surface area contributed by atoms with Crippen LogP contribution in [0.4, 0.5) is 0 Å². The first-order valence-corrected chi connectivity index (χ1v) is 9.54. The van der Waals surface area contributed by atoms with Crippen LogP contribution in [0.15, 0.2) is 0 Å². The summed E-state index contributed by atoms with van der Waals surface area (Å²) < 4.78 is 0. The average molecular weight is 295 g/mol. The lowest BCUT2D eigenvalue weighted by Crippen LogP contribution is -2.63. The summed E-state index contributed by atoms with van der Waals surface area (Å²) >= 11 is 0. The van der Waals surface area contributed by atoms with Gasteiger partial charge in [0.05, 0.1) is 0 Å². The molecule has 0 amide bonds. The van der Waals surface area contributed by atoms with Crippen molar-refractivity contribution in [1.29, 1.82) is 0 Å². The molecule has 2 atom stereocenters. The summed E-state index contributed by atoms with van der Waals surface area (Å²) in [5.74, 6) is 1.82. The first-order chi connectivity index (χ1) is 10.0. The van der Waals surface area contributed by atoms with Crippen LogP contribution in [0.1, 0.15) is 79.1 Å². The topological polar surface area (TPSA) is 15.3 Å². The predicted molar refractivity (Wildman–Crippen MR) is 92.7 cm³/mol. The monoisotopic (exact) mass is 294 g/mol. The van der Waals surface area contributed by atoms with Crippen LogP contribution in [0.2, 0.25) is 0 Å². The van der Waals surface area contributed by atoms with E-state index in [-0.39, 0.29) is 0 Å². The zero-order valence-corrected chi connectivity index (χ0v) is 15.0. The van der Waals surface area contributed by atoms with Crippen LogP contribution in [0.5, 0.6) is 0 Å². The summed E-state index contributed by atoms with van der Waals surface area (Å²) in [6.07, 6.45) is 11.3. The molecule has 0 bridgehead atoms. The van der Waals surface area contributed by atoms with Crippen molar-refractivity contribution in [2.45, 2.75) is 90.6 Å². The van der Waals surface area contributed by atoms with Gasteiger partial charge in [0, 0.05) is 24.7 Å². The Morgan fingerprint density at radius 3 is 2.48 bits per heavy atom. The molecule has 1 saturated carbocycles. The van der Waals surface area contributed by atoms with E-state index in [0.717, 1.165) is 17.9 Å². The highest BCUT2D eigenvalue weighted by Crippen LogP contribution is 2.41. The minimum Gasteiger partial charge on any atom is -0.308 e. The molecule has 2 unspecified atom stereocenters. The van der Waals surface area contributed by atoms with E-state index in [2.05, 4.69) is 37.9 Å². The molecule has 0 aromatic rings. The Balaban J connectivity index is 1.68. The van der Waals surface area contributed by atoms with Crippen LogP contribution >= 0.6 is 0 Å². The Labute approximate surface area is 133 Å². The molecule has 2 rings (SSSR count). The zero-order chi connectivity index (χ0) is 15.3. The summed E-state index contributed by atoms with van der Waals surface area (Å²) in [5.41, 5.74) is 0.406. The van der Waals surface area contributed by atoms with Gasteiger partial charge in [0.1, 0.15) is 0 Å². The fraction of sp³-hybridized carbons (Fsp3) is 1.00. The summed E-state index contributed by atoms with van der Waals surface area (Å²) in [4.78, 5) is 2.80. The fourth-order valence-electron chi connectivity index (χ4n) is 3.97. The molecular weight excluding hydrogens is 256 g/mol. The number of rotatable bonds is 9. The largest absolute Gasteiger partial charge is 0.308 e. The molecule has 21 heavy (non-hydrogen) atoms. The van der Waals surface area contributed by atoms with E-state index in [4.69, 9.17) is 0 Å². The first kappa shape index (κ1) is 17.3. The minimum absolute atomic E-state index is 0.406. The van der Waals surface area contributed by atoms with Gasteiger partial charge in [-0.15, -0.1) is 0 Å². The summed E-state index contributed by atoms with van der Waals surface area (Å²) in [5, 5.41) is 3.87. The van der Waals surface area contributed by atoms with Gasteiger partial charge in [0.2, 0.25) is 0 Å². The van der Waals surface area contributed by atoms with Crippen molar-refractivity contribution in [2.24, 2.45) is 11.8 Å². The Morgan fingerprint density at radius 1 is 1.14 bits per heavy atom. The molecule has 2 nitrogen and oxygen atoms in total. The van der Waals surface area contributed by atoms with Gasteiger partial charge in [-0.1, -0.05) is 46.5 Å². The second kappa shape index (κ2) is 7.97. The third kappa shape index (κ3) is 5.25. The van der Waals surface area contributed by atoms with E-state index < -0.39 is 0 Å². The van der Waals surface area contributed by atoms with Crippen molar-refractivity contribution in [3.8, 4) is 0 Å². The van der Waals surface area contributed by atoms with E-state index in [1.165, 1.54) is 71.0 Å². The third-order valence-electron chi connectivity index (χ3n) is 5.72. The maximum atomic E-state index is 3.87. The molecule has 0 radical (unpaired) electrons. The smallest absolute Gasteiger partial charge is 0.0309 e. The van der Waals surface area contributed by atoms with E-state index in [0.29, 0.717) is 5.54 Å². The Bertz CT molecular complexity index is 298. The molecule has 1 N–H and O–H groups in total. The molecule has 0 aromatic heterocycles.